The van der Waals surface area contributed by atoms with Gasteiger partial charge in [0.15, 0.2) is 0 Å². The molecule has 0 heterocycles. The summed E-state index contributed by atoms with van der Waals surface area (Å²) in [5.41, 5.74) is 0.828. The normalized spacial score (nSPS) is 12.2. The molecule has 0 aromatic heterocycles. The Morgan fingerprint density at radius 2 is 1.61 bits per heavy atom. The van der Waals surface area contributed by atoms with E-state index in [0.717, 1.165) is 24.5 Å². The molecule has 11 heteroatoms. The van der Waals surface area contributed by atoms with Crippen LogP contribution in [0, 0.1) is 11.8 Å². The first-order valence-electron chi connectivity index (χ1n) is 11.4. The fraction of sp³-hybridized carbons (Fsp3) is 0.480. The molecule has 1 aromatic rings. The number of nitrogens with zero attached hydrogens (tertiary/aromatic N) is 1. The van der Waals surface area contributed by atoms with E-state index in [1.807, 2.05) is 18.2 Å². The van der Waals surface area contributed by atoms with E-state index in [1.165, 1.54) is 7.05 Å². The topological polar surface area (TPSA) is 140 Å². The smallest absolute Gasteiger partial charge is 0.408 e. The molecule has 2 N–H and O–H groups in total. The van der Waals surface area contributed by atoms with Gasteiger partial charge < -0.3 is 29.7 Å². The molecule has 1 rings (SSSR count). The number of alkyl carbamates (subject to hydrolysis) is 1. The number of carbonyl (C=O) groups is 5. The van der Waals surface area contributed by atoms with E-state index in [2.05, 4.69) is 15.4 Å². The Balaban J connectivity index is 2.88. The average molecular weight is 506 g/mol. The molecule has 0 radical (unpaired) electrons. The number of hydrogen-bond donors (Lipinski definition) is 2. The highest BCUT2D eigenvalue weighted by molar-refractivity contribution is 5.93. The van der Waals surface area contributed by atoms with Gasteiger partial charge in [0.25, 0.3) is 0 Å². The summed E-state index contributed by atoms with van der Waals surface area (Å²) in [6, 6.07) is 8.14. The summed E-state index contributed by atoms with van der Waals surface area (Å²) in [5.74, 6) is -4.01. The molecule has 0 aliphatic rings. The van der Waals surface area contributed by atoms with Crippen molar-refractivity contribution in [2.45, 2.75) is 47.3 Å². The minimum Gasteiger partial charge on any atom is -0.463 e. The van der Waals surface area contributed by atoms with Crippen molar-refractivity contribution in [2.24, 2.45) is 11.8 Å². The molecule has 0 aliphatic carbocycles. The van der Waals surface area contributed by atoms with Crippen LogP contribution in [0.3, 0.4) is 0 Å². The van der Waals surface area contributed by atoms with Crippen molar-refractivity contribution >= 4 is 29.8 Å². The summed E-state index contributed by atoms with van der Waals surface area (Å²) in [7, 11) is 2.52. The van der Waals surface area contributed by atoms with Gasteiger partial charge in [-0.05, 0) is 17.4 Å². The molecule has 11 nitrogen and oxygen atoms in total. The first kappa shape index (κ1) is 30.1. The monoisotopic (exact) mass is 505 g/mol. The van der Waals surface area contributed by atoms with Crippen molar-refractivity contribution in [1.82, 2.24) is 15.5 Å². The van der Waals surface area contributed by atoms with Crippen LogP contribution in [0.25, 0.3) is 0 Å². The van der Waals surface area contributed by atoms with Crippen LogP contribution in [0.5, 0.6) is 0 Å². The maximum absolute atomic E-state index is 13.0. The van der Waals surface area contributed by atoms with Gasteiger partial charge in [0.2, 0.25) is 17.6 Å². The van der Waals surface area contributed by atoms with Crippen LogP contribution in [0.15, 0.2) is 41.8 Å². The maximum atomic E-state index is 13.0. The standard InChI is InChI=1S/C25H35N3O8/c1-15(2)20(22(24(32)34-7)36-17(5)29)26-19(30)13-28(6)23(31)21(16(3)4)27-25(33)35-14-18-11-9-8-10-12-18/h8-12,15-16,21H,13-14H2,1-7H3,(H,26,30)(H,27,33). The Hall–Kier alpha value is -3.89. The third-order valence-corrected chi connectivity index (χ3v) is 4.89. The number of allylic oxidation sites excluding steroid dienone is 1. The van der Waals surface area contributed by atoms with Crippen molar-refractivity contribution in [1.29, 1.82) is 0 Å². The fourth-order valence-corrected chi connectivity index (χ4v) is 3.03. The highest BCUT2D eigenvalue weighted by Gasteiger charge is 2.29. The van der Waals surface area contributed by atoms with Crippen molar-refractivity contribution in [3.8, 4) is 0 Å². The van der Waals surface area contributed by atoms with Crippen LogP contribution in [-0.4, -0.2) is 61.5 Å². The zero-order valence-corrected chi connectivity index (χ0v) is 21.7. The predicted molar refractivity (Wildman–Crippen MR) is 130 cm³/mol. The van der Waals surface area contributed by atoms with Crippen molar-refractivity contribution < 1.29 is 38.2 Å². The number of methoxy groups -OCH3 is 1. The number of esters is 2. The van der Waals surface area contributed by atoms with Gasteiger partial charge in [0, 0.05) is 14.0 Å². The van der Waals surface area contributed by atoms with E-state index >= 15 is 0 Å². The number of benzene rings is 1. The molecule has 1 unspecified atom stereocenters. The van der Waals surface area contributed by atoms with Gasteiger partial charge in [-0.2, -0.15) is 0 Å². The van der Waals surface area contributed by atoms with Crippen LogP contribution in [0.1, 0.15) is 40.2 Å². The second kappa shape index (κ2) is 14.5. The Kier molecular flexibility index (Phi) is 12.1. The number of nitrogens with one attached hydrogen (secondary N) is 2. The van der Waals surface area contributed by atoms with E-state index in [-0.39, 0.29) is 18.2 Å². The van der Waals surface area contributed by atoms with Crippen molar-refractivity contribution in [3.05, 3.63) is 47.4 Å². The molecule has 198 valence electrons. The van der Waals surface area contributed by atoms with E-state index < -0.39 is 54.1 Å². The maximum Gasteiger partial charge on any atom is 0.408 e. The number of likely N-dealkylation sites (N-methyl/N-ethyl adjacent to an activating group) is 1. The number of amides is 3. The van der Waals surface area contributed by atoms with Crippen LogP contribution in [0.4, 0.5) is 4.79 Å². The molecular weight excluding hydrogens is 470 g/mol. The minimum atomic E-state index is -0.946. The first-order valence-corrected chi connectivity index (χ1v) is 11.4. The summed E-state index contributed by atoms with van der Waals surface area (Å²) in [6.45, 7) is 7.60. The number of rotatable bonds is 11. The third kappa shape index (κ3) is 9.77. The number of carbonyl (C=O) groups excluding carboxylic acids is 5. The Bertz CT molecular complexity index is 973. The Labute approximate surface area is 211 Å². The third-order valence-electron chi connectivity index (χ3n) is 4.89. The average Bonchev–Trinajstić information content (AvgIpc) is 2.82. The number of hydrogen-bond acceptors (Lipinski definition) is 8. The Morgan fingerprint density at radius 1 is 1.00 bits per heavy atom. The Morgan fingerprint density at radius 3 is 2.11 bits per heavy atom. The molecule has 0 saturated heterocycles. The van der Waals surface area contributed by atoms with Gasteiger partial charge in [-0.3, -0.25) is 14.4 Å². The lowest BCUT2D eigenvalue weighted by molar-refractivity contribution is -0.149. The zero-order valence-electron chi connectivity index (χ0n) is 21.7. The molecule has 0 saturated carbocycles. The largest absolute Gasteiger partial charge is 0.463 e. The van der Waals surface area contributed by atoms with E-state index in [4.69, 9.17) is 9.47 Å². The van der Waals surface area contributed by atoms with Gasteiger partial charge in [0.1, 0.15) is 12.6 Å². The summed E-state index contributed by atoms with van der Waals surface area (Å²) in [4.78, 5) is 62.7. The molecular formula is C25H35N3O8. The lowest BCUT2D eigenvalue weighted by atomic mass is 10.0. The SMILES string of the molecule is COC(=O)C(OC(C)=O)=C(NC(=O)CN(C)C(=O)C(NC(=O)OCc1ccccc1)C(C)C)C(C)C. The van der Waals surface area contributed by atoms with Gasteiger partial charge in [0.05, 0.1) is 19.4 Å². The molecule has 36 heavy (non-hydrogen) atoms. The van der Waals surface area contributed by atoms with Crippen LogP contribution in [0.2, 0.25) is 0 Å². The molecule has 3 amide bonds. The lowest BCUT2D eigenvalue weighted by Gasteiger charge is -2.27. The van der Waals surface area contributed by atoms with Crippen LogP contribution in [-0.2, 0) is 40.0 Å². The molecule has 1 aromatic carbocycles. The van der Waals surface area contributed by atoms with Gasteiger partial charge >= 0.3 is 18.0 Å². The zero-order chi connectivity index (χ0) is 27.4. The summed E-state index contributed by atoms with van der Waals surface area (Å²) < 4.78 is 14.8. The molecule has 0 fully saturated rings. The van der Waals surface area contributed by atoms with E-state index in [9.17, 15) is 24.0 Å². The quantitative estimate of drug-likeness (QED) is 0.202. The molecule has 0 spiro atoms. The van der Waals surface area contributed by atoms with Crippen molar-refractivity contribution in [3.63, 3.8) is 0 Å². The number of ether oxygens (including phenoxy) is 3. The van der Waals surface area contributed by atoms with E-state index in [1.54, 1.807) is 39.8 Å². The summed E-state index contributed by atoms with van der Waals surface area (Å²) >= 11 is 0. The second-order valence-electron chi connectivity index (χ2n) is 8.65. The fourth-order valence-electron chi connectivity index (χ4n) is 3.03. The van der Waals surface area contributed by atoms with Gasteiger partial charge in [-0.25, -0.2) is 9.59 Å². The van der Waals surface area contributed by atoms with Crippen molar-refractivity contribution in [2.75, 3.05) is 20.7 Å². The minimum absolute atomic E-state index is 0.0333. The molecule has 1 atom stereocenters. The molecule has 0 bridgehead atoms. The lowest BCUT2D eigenvalue weighted by Crippen LogP contribution is -2.52. The predicted octanol–water partition coefficient (Wildman–Crippen LogP) is 2.12. The first-order chi connectivity index (χ1) is 16.9. The molecule has 0 aliphatic heterocycles. The van der Waals surface area contributed by atoms with Gasteiger partial charge in [-0.1, -0.05) is 58.0 Å². The van der Waals surface area contributed by atoms with Crippen LogP contribution >= 0.6 is 0 Å². The van der Waals surface area contributed by atoms with E-state index in [0.29, 0.717) is 0 Å². The summed E-state index contributed by atoms with van der Waals surface area (Å²) in [5, 5.41) is 5.08. The van der Waals surface area contributed by atoms with Crippen LogP contribution < -0.4 is 10.6 Å². The summed E-state index contributed by atoms with van der Waals surface area (Å²) in [6.07, 6.45) is -0.766. The highest BCUT2D eigenvalue weighted by atomic mass is 16.6. The highest BCUT2D eigenvalue weighted by Crippen LogP contribution is 2.16. The van der Waals surface area contributed by atoms with Gasteiger partial charge in [-0.15, -0.1) is 0 Å². The second-order valence-corrected chi connectivity index (χ2v) is 8.65.